The smallest absolute Gasteiger partial charge is 0.274 e. The van der Waals surface area contributed by atoms with E-state index in [1.54, 1.807) is 12.1 Å². The van der Waals surface area contributed by atoms with Crippen LogP contribution in [0.15, 0.2) is 48.5 Å². The average Bonchev–Trinajstić information content (AvgIpc) is 3.29. The highest BCUT2D eigenvalue weighted by molar-refractivity contribution is 5.93. The molecule has 0 radical (unpaired) electrons. The highest BCUT2D eigenvalue weighted by Gasteiger charge is 2.23. The zero-order chi connectivity index (χ0) is 21.2. The van der Waals surface area contributed by atoms with Crippen LogP contribution in [-0.4, -0.2) is 40.3 Å². The molecule has 6 heteroatoms. The van der Waals surface area contributed by atoms with Crippen LogP contribution in [0.25, 0.3) is 16.9 Å². The summed E-state index contributed by atoms with van der Waals surface area (Å²) >= 11 is 0. The first-order valence-electron chi connectivity index (χ1n) is 10.9. The molecule has 0 saturated carbocycles. The number of nitrogens with zero attached hydrogens (tertiary/aromatic N) is 4. The molecule has 0 aliphatic carbocycles. The Kier molecular flexibility index (Phi) is 5.17. The number of amides is 1. The molecule has 3 heterocycles. The fourth-order valence-corrected chi connectivity index (χ4v) is 4.34. The number of likely N-dealkylation sites (tertiary alicyclic amines) is 1. The lowest BCUT2D eigenvalue weighted by Gasteiger charge is -2.25. The molecule has 2 aromatic carbocycles. The number of hydrogen-bond donors (Lipinski definition) is 0. The lowest BCUT2D eigenvalue weighted by molar-refractivity contribution is 0.0718. The minimum Gasteiger partial charge on any atom is -0.493 e. The van der Waals surface area contributed by atoms with E-state index in [4.69, 9.17) is 15.1 Å². The summed E-state index contributed by atoms with van der Waals surface area (Å²) in [4.78, 5) is 15.1. The monoisotopic (exact) mass is 412 g/mol. The van der Waals surface area contributed by atoms with Gasteiger partial charge in [-0.3, -0.25) is 4.79 Å². The maximum atomic E-state index is 13.1. The third kappa shape index (κ3) is 3.79. The Bertz CT molecular complexity index is 1150. The minimum atomic E-state index is -0.0189. The molecular formula is C25H24N4O2. The maximum Gasteiger partial charge on any atom is 0.274 e. The lowest BCUT2D eigenvalue weighted by Crippen LogP contribution is -2.35. The molecule has 3 aromatic rings. The number of aromatic nitrogens is 2. The first-order chi connectivity index (χ1) is 15.2. The molecular weight excluding hydrogens is 388 g/mol. The van der Waals surface area contributed by atoms with Crippen LogP contribution in [-0.2, 0) is 6.42 Å². The number of carbonyl (C=O) groups excluding carboxylic acids is 1. The van der Waals surface area contributed by atoms with E-state index in [1.165, 1.54) is 6.42 Å². The predicted octanol–water partition coefficient (Wildman–Crippen LogP) is 4.36. The Balaban J connectivity index is 1.58. The van der Waals surface area contributed by atoms with Crippen LogP contribution in [0.5, 0.6) is 5.75 Å². The minimum absolute atomic E-state index is 0.0189. The molecule has 0 atom stereocenters. The molecule has 1 fully saturated rings. The SMILES string of the molecule is N#Cc1ccc(-c2cc(C(=O)N3CCCCC3)nn2-c2ccc3c(c2)CCCO3)cc1. The first-order valence-corrected chi connectivity index (χ1v) is 10.9. The van der Waals surface area contributed by atoms with Crippen molar-refractivity contribution >= 4 is 5.91 Å². The van der Waals surface area contributed by atoms with Crippen LogP contribution >= 0.6 is 0 Å². The second-order valence-corrected chi connectivity index (χ2v) is 8.11. The van der Waals surface area contributed by atoms with Gasteiger partial charge in [-0.15, -0.1) is 0 Å². The Morgan fingerprint density at radius 3 is 2.58 bits per heavy atom. The van der Waals surface area contributed by atoms with Gasteiger partial charge in [0.15, 0.2) is 5.69 Å². The number of fused-ring (bicyclic) bond motifs is 1. The van der Waals surface area contributed by atoms with Crippen LogP contribution in [0.2, 0.25) is 0 Å². The van der Waals surface area contributed by atoms with Crippen LogP contribution in [0.1, 0.15) is 47.3 Å². The highest BCUT2D eigenvalue weighted by Crippen LogP contribution is 2.30. The molecule has 5 rings (SSSR count). The predicted molar refractivity (Wildman–Crippen MR) is 117 cm³/mol. The highest BCUT2D eigenvalue weighted by atomic mass is 16.5. The van der Waals surface area contributed by atoms with Crippen LogP contribution in [0.4, 0.5) is 0 Å². The number of carbonyl (C=O) groups is 1. The first kappa shape index (κ1) is 19.4. The van der Waals surface area contributed by atoms with Crippen molar-refractivity contribution in [3.8, 4) is 28.8 Å². The molecule has 156 valence electrons. The Morgan fingerprint density at radius 2 is 1.81 bits per heavy atom. The zero-order valence-electron chi connectivity index (χ0n) is 17.4. The normalized spacial score (nSPS) is 15.6. The summed E-state index contributed by atoms with van der Waals surface area (Å²) in [5.74, 6) is 0.904. The summed E-state index contributed by atoms with van der Waals surface area (Å²) in [6.07, 6.45) is 5.22. The van der Waals surface area contributed by atoms with Gasteiger partial charge in [0, 0.05) is 18.7 Å². The molecule has 31 heavy (non-hydrogen) atoms. The van der Waals surface area contributed by atoms with Crippen molar-refractivity contribution in [1.82, 2.24) is 14.7 Å². The fourth-order valence-electron chi connectivity index (χ4n) is 4.34. The molecule has 1 saturated heterocycles. The van der Waals surface area contributed by atoms with Crippen molar-refractivity contribution in [3.63, 3.8) is 0 Å². The van der Waals surface area contributed by atoms with Gasteiger partial charge in [-0.2, -0.15) is 10.4 Å². The number of piperidine rings is 1. The summed E-state index contributed by atoms with van der Waals surface area (Å²) in [6.45, 7) is 2.32. The lowest BCUT2D eigenvalue weighted by atomic mass is 10.1. The third-order valence-corrected chi connectivity index (χ3v) is 6.02. The topological polar surface area (TPSA) is 71.2 Å². The molecule has 1 amide bonds. The van der Waals surface area contributed by atoms with Crippen molar-refractivity contribution in [1.29, 1.82) is 5.26 Å². The molecule has 2 aliphatic rings. The molecule has 1 aromatic heterocycles. The number of hydrogen-bond acceptors (Lipinski definition) is 4. The molecule has 0 bridgehead atoms. The van der Waals surface area contributed by atoms with E-state index in [0.717, 1.165) is 73.6 Å². The molecule has 2 aliphatic heterocycles. The second-order valence-electron chi connectivity index (χ2n) is 8.11. The number of rotatable bonds is 3. The summed E-state index contributed by atoms with van der Waals surface area (Å²) in [7, 11) is 0. The van der Waals surface area contributed by atoms with E-state index >= 15 is 0 Å². The van der Waals surface area contributed by atoms with Gasteiger partial charge < -0.3 is 9.64 Å². The number of ether oxygens (including phenoxy) is 1. The number of aryl methyl sites for hydroxylation is 1. The summed E-state index contributed by atoms with van der Waals surface area (Å²) in [5, 5.41) is 13.9. The largest absolute Gasteiger partial charge is 0.493 e. The quantitative estimate of drug-likeness (QED) is 0.641. The molecule has 0 N–H and O–H groups in total. The standard InChI is InChI=1S/C25H24N4O2/c26-17-18-6-8-19(9-7-18)23-16-22(25(30)28-12-2-1-3-13-28)27-29(23)21-10-11-24-20(15-21)5-4-14-31-24/h6-11,15-16H,1-5,12-14H2. The van der Waals surface area contributed by atoms with Gasteiger partial charge in [0.25, 0.3) is 5.91 Å². The van der Waals surface area contributed by atoms with Crippen molar-refractivity contribution in [2.75, 3.05) is 19.7 Å². The summed E-state index contributed by atoms with van der Waals surface area (Å²) in [5.41, 5.74) is 4.87. The maximum absolute atomic E-state index is 13.1. The van der Waals surface area contributed by atoms with Gasteiger partial charge in [-0.05, 0) is 74.1 Å². The van der Waals surface area contributed by atoms with E-state index in [0.29, 0.717) is 11.3 Å². The Morgan fingerprint density at radius 1 is 1.00 bits per heavy atom. The van der Waals surface area contributed by atoms with Gasteiger partial charge in [-0.1, -0.05) is 12.1 Å². The van der Waals surface area contributed by atoms with E-state index in [2.05, 4.69) is 12.1 Å². The van der Waals surface area contributed by atoms with Gasteiger partial charge in [0.05, 0.1) is 29.6 Å². The van der Waals surface area contributed by atoms with Crippen molar-refractivity contribution in [3.05, 3.63) is 65.4 Å². The fraction of sp³-hybridized carbons (Fsp3) is 0.320. The van der Waals surface area contributed by atoms with Crippen LogP contribution < -0.4 is 4.74 Å². The van der Waals surface area contributed by atoms with Crippen molar-refractivity contribution in [2.45, 2.75) is 32.1 Å². The Hall–Kier alpha value is -3.59. The molecule has 0 unspecified atom stereocenters. The number of benzene rings is 2. The second kappa shape index (κ2) is 8.27. The van der Waals surface area contributed by atoms with E-state index in [9.17, 15) is 4.79 Å². The number of nitriles is 1. The molecule has 0 spiro atoms. The van der Waals surface area contributed by atoms with Gasteiger partial charge in [0.1, 0.15) is 5.75 Å². The van der Waals surface area contributed by atoms with Crippen molar-refractivity contribution in [2.24, 2.45) is 0 Å². The van der Waals surface area contributed by atoms with Crippen molar-refractivity contribution < 1.29 is 9.53 Å². The summed E-state index contributed by atoms with van der Waals surface area (Å²) < 4.78 is 7.60. The van der Waals surface area contributed by atoms with Crippen LogP contribution in [0.3, 0.4) is 0 Å². The summed E-state index contributed by atoms with van der Waals surface area (Å²) in [6, 6.07) is 17.5. The van der Waals surface area contributed by atoms with E-state index in [-0.39, 0.29) is 5.91 Å². The third-order valence-electron chi connectivity index (χ3n) is 6.02. The average molecular weight is 412 g/mol. The molecule has 6 nitrogen and oxygen atoms in total. The van der Waals surface area contributed by atoms with Gasteiger partial charge in [0.2, 0.25) is 0 Å². The van der Waals surface area contributed by atoms with Crippen LogP contribution in [0, 0.1) is 11.3 Å². The Labute approximate surface area is 181 Å². The van der Waals surface area contributed by atoms with E-state index in [1.807, 2.05) is 39.9 Å². The van der Waals surface area contributed by atoms with Gasteiger partial charge in [-0.25, -0.2) is 4.68 Å². The van der Waals surface area contributed by atoms with E-state index < -0.39 is 0 Å². The zero-order valence-corrected chi connectivity index (χ0v) is 17.4. The van der Waals surface area contributed by atoms with Gasteiger partial charge >= 0.3 is 0 Å².